The number of hydrogen-bond donors (Lipinski definition) is 1. The minimum atomic E-state index is -0.902. The van der Waals surface area contributed by atoms with Gasteiger partial charge in [-0.2, -0.15) is 0 Å². The number of benzene rings is 1. The zero-order valence-electron chi connectivity index (χ0n) is 10.6. The van der Waals surface area contributed by atoms with Crippen LogP contribution in [0.15, 0.2) is 24.3 Å². The van der Waals surface area contributed by atoms with Crippen LogP contribution in [0, 0.1) is 0 Å². The maximum Gasteiger partial charge on any atom is 0.307 e. The van der Waals surface area contributed by atoms with Crippen LogP contribution in [0.2, 0.25) is 5.02 Å². The van der Waals surface area contributed by atoms with Crippen molar-refractivity contribution in [3.05, 3.63) is 40.4 Å². The van der Waals surface area contributed by atoms with Crippen molar-refractivity contribution in [3.63, 3.8) is 0 Å². The SMILES string of the molecule is CC(=O)SCCC=Cc1ccc(Cl)c(CC(=O)O)c1. The number of rotatable bonds is 6. The smallest absolute Gasteiger partial charge is 0.307 e. The average molecular weight is 299 g/mol. The van der Waals surface area contributed by atoms with Crippen LogP contribution in [0.3, 0.4) is 0 Å². The van der Waals surface area contributed by atoms with E-state index in [0.29, 0.717) is 10.6 Å². The fourth-order valence-electron chi connectivity index (χ4n) is 1.49. The molecule has 1 N–H and O–H groups in total. The molecular weight excluding hydrogens is 284 g/mol. The third kappa shape index (κ3) is 6.45. The third-order valence-electron chi connectivity index (χ3n) is 2.31. The molecule has 0 fully saturated rings. The van der Waals surface area contributed by atoms with Gasteiger partial charge in [0.25, 0.3) is 0 Å². The monoisotopic (exact) mass is 298 g/mol. The topological polar surface area (TPSA) is 54.4 Å². The van der Waals surface area contributed by atoms with E-state index in [1.165, 1.54) is 11.8 Å². The summed E-state index contributed by atoms with van der Waals surface area (Å²) >= 11 is 7.22. The molecule has 0 amide bonds. The van der Waals surface area contributed by atoms with Gasteiger partial charge in [-0.25, -0.2) is 0 Å². The van der Waals surface area contributed by atoms with Gasteiger partial charge in [0.2, 0.25) is 0 Å². The van der Waals surface area contributed by atoms with E-state index in [9.17, 15) is 9.59 Å². The van der Waals surface area contributed by atoms with Crippen molar-refractivity contribution < 1.29 is 14.7 Å². The minimum Gasteiger partial charge on any atom is -0.481 e. The maximum atomic E-state index is 10.7. The summed E-state index contributed by atoms with van der Waals surface area (Å²) in [5.41, 5.74) is 1.52. The zero-order valence-corrected chi connectivity index (χ0v) is 12.1. The quantitative estimate of drug-likeness (QED) is 0.815. The second-order valence-electron chi connectivity index (χ2n) is 3.95. The van der Waals surface area contributed by atoms with Crippen molar-refractivity contribution in [2.24, 2.45) is 0 Å². The Morgan fingerprint density at radius 3 is 2.79 bits per heavy atom. The van der Waals surface area contributed by atoms with Crippen LogP contribution in [0.1, 0.15) is 24.5 Å². The number of aliphatic carboxylic acids is 1. The van der Waals surface area contributed by atoms with Gasteiger partial charge < -0.3 is 5.11 Å². The molecule has 0 saturated carbocycles. The number of allylic oxidation sites excluding steroid dienone is 1. The molecule has 0 aliphatic rings. The predicted octanol–water partition coefficient (Wildman–Crippen LogP) is 3.65. The van der Waals surface area contributed by atoms with Crippen LogP contribution in [-0.2, 0) is 16.0 Å². The fraction of sp³-hybridized carbons (Fsp3) is 0.286. The summed E-state index contributed by atoms with van der Waals surface area (Å²) in [6, 6.07) is 5.30. The van der Waals surface area contributed by atoms with Gasteiger partial charge in [0.05, 0.1) is 6.42 Å². The number of thioether (sulfide) groups is 1. The molecule has 0 unspecified atom stereocenters. The molecule has 0 atom stereocenters. The van der Waals surface area contributed by atoms with Crippen molar-refractivity contribution in [2.75, 3.05) is 5.75 Å². The average Bonchev–Trinajstić information content (AvgIpc) is 2.31. The summed E-state index contributed by atoms with van der Waals surface area (Å²) in [5.74, 6) is -0.151. The molecule has 0 bridgehead atoms. The van der Waals surface area contributed by atoms with Crippen molar-refractivity contribution >= 4 is 40.5 Å². The molecule has 0 radical (unpaired) electrons. The first kappa shape index (κ1) is 15.8. The number of carbonyl (C=O) groups is 2. The van der Waals surface area contributed by atoms with Gasteiger partial charge in [-0.1, -0.05) is 41.6 Å². The van der Waals surface area contributed by atoms with E-state index in [1.54, 1.807) is 19.1 Å². The number of halogens is 1. The van der Waals surface area contributed by atoms with E-state index in [2.05, 4.69) is 0 Å². The second kappa shape index (κ2) is 8.02. The molecular formula is C14H15ClO3S. The van der Waals surface area contributed by atoms with Gasteiger partial charge in [0, 0.05) is 17.7 Å². The van der Waals surface area contributed by atoms with Gasteiger partial charge in [-0.05, 0) is 29.7 Å². The van der Waals surface area contributed by atoms with E-state index in [-0.39, 0.29) is 11.5 Å². The van der Waals surface area contributed by atoms with Gasteiger partial charge >= 0.3 is 5.97 Å². The lowest BCUT2D eigenvalue weighted by atomic mass is 10.1. The van der Waals surface area contributed by atoms with E-state index in [0.717, 1.165) is 17.7 Å². The van der Waals surface area contributed by atoms with Crippen LogP contribution < -0.4 is 0 Å². The van der Waals surface area contributed by atoms with Crippen molar-refractivity contribution in [1.82, 2.24) is 0 Å². The highest BCUT2D eigenvalue weighted by atomic mass is 35.5. The van der Waals surface area contributed by atoms with E-state index < -0.39 is 5.97 Å². The lowest BCUT2D eigenvalue weighted by molar-refractivity contribution is -0.136. The Labute approximate surface area is 121 Å². The largest absolute Gasteiger partial charge is 0.481 e. The summed E-state index contributed by atoms with van der Waals surface area (Å²) in [4.78, 5) is 21.4. The molecule has 1 rings (SSSR count). The first-order valence-electron chi connectivity index (χ1n) is 5.79. The molecule has 102 valence electrons. The normalized spacial score (nSPS) is 10.8. The van der Waals surface area contributed by atoms with Gasteiger partial charge in [-0.15, -0.1) is 0 Å². The Kier molecular flexibility index (Phi) is 6.67. The molecule has 0 heterocycles. The highest BCUT2D eigenvalue weighted by Gasteiger charge is 2.05. The Hall–Kier alpha value is -1.26. The van der Waals surface area contributed by atoms with Gasteiger partial charge in [-0.3, -0.25) is 9.59 Å². The molecule has 0 aromatic heterocycles. The standard InChI is InChI=1S/C14H15ClO3S/c1-10(16)19-7-3-2-4-11-5-6-13(15)12(8-11)9-14(17)18/h2,4-6,8H,3,7,9H2,1H3,(H,17,18). The number of carbonyl (C=O) groups excluding carboxylic acids is 1. The van der Waals surface area contributed by atoms with E-state index >= 15 is 0 Å². The molecule has 0 aliphatic carbocycles. The van der Waals surface area contributed by atoms with E-state index in [1.807, 2.05) is 18.2 Å². The zero-order chi connectivity index (χ0) is 14.3. The number of carboxylic acid groups (broad SMARTS) is 1. The highest BCUT2D eigenvalue weighted by molar-refractivity contribution is 8.13. The van der Waals surface area contributed by atoms with Crippen molar-refractivity contribution in [3.8, 4) is 0 Å². The molecule has 0 aliphatic heterocycles. The Morgan fingerprint density at radius 2 is 2.16 bits per heavy atom. The summed E-state index contributed by atoms with van der Waals surface area (Å²) in [6.07, 6.45) is 4.58. The first-order chi connectivity index (χ1) is 8.99. The summed E-state index contributed by atoms with van der Waals surface area (Å²) < 4.78 is 0. The molecule has 1 aromatic carbocycles. The van der Waals surface area contributed by atoms with Crippen LogP contribution >= 0.6 is 23.4 Å². The molecule has 0 saturated heterocycles. The number of carboxylic acids is 1. The minimum absolute atomic E-state index is 0.0826. The molecule has 1 aromatic rings. The van der Waals surface area contributed by atoms with E-state index in [4.69, 9.17) is 16.7 Å². The Balaban J connectivity index is 2.61. The van der Waals surface area contributed by atoms with Crippen LogP contribution in [0.5, 0.6) is 0 Å². The van der Waals surface area contributed by atoms with Crippen molar-refractivity contribution in [1.29, 1.82) is 0 Å². The second-order valence-corrected chi connectivity index (χ2v) is 5.63. The first-order valence-corrected chi connectivity index (χ1v) is 7.15. The van der Waals surface area contributed by atoms with Gasteiger partial charge in [0.15, 0.2) is 5.12 Å². The van der Waals surface area contributed by atoms with Crippen LogP contribution in [0.4, 0.5) is 0 Å². The summed E-state index contributed by atoms with van der Waals surface area (Å²) in [5, 5.41) is 9.35. The lowest BCUT2D eigenvalue weighted by Gasteiger charge is -2.02. The van der Waals surface area contributed by atoms with Crippen LogP contribution in [-0.4, -0.2) is 21.9 Å². The number of hydrogen-bond acceptors (Lipinski definition) is 3. The van der Waals surface area contributed by atoms with Crippen LogP contribution in [0.25, 0.3) is 6.08 Å². The summed E-state index contributed by atoms with van der Waals surface area (Å²) in [6.45, 7) is 1.55. The molecule has 3 nitrogen and oxygen atoms in total. The van der Waals surface area contributed by atoms with Crippen molar-refractivity contribution in [2.45, 2.75) is 19.8 Å². The Morgan fingerprint density at radius 1 is 1.42 bits per heavy atom. The molecule has 19 heavy (non-hydrogen) atoms. The molecule has 5 heteroatoms. The van der Waals surface area contributed by atoms with Gasteiger partial charge in [0.1, 0.15) is 0 Å². The Bertz CT molecular complexity index is 497. The molecule has 0 spiro atoms. The third-order valence-corrected chi connectivity index (χ3v) is 3.53. The lowest BCUT2D eigenvalue weighted by Crippen LogP contribution is -2.00. The predicted molar refractivity (Wildman–Crippen MR) is 79.6 cm³/mol. The summed E-state index contributed by atoms with van der Waals surface area (Å²) in [7, 11) is 0. The maximum absolute atomic E-state index is 10.7. The highest BCUT2D eigenvalue weighted by Crippen LogP contribution is 2.19. The fourth-order valence-corrected chi connectivity index (χ4v) is 2.21.